The van der Waals surface area contributed by atoms with E-state index in [0.29, 0.717) is 5.92 Å². The summed E-state index contributed by atoms with van der Waals surface area (Å²) in [6.45, 7) is 6.80. The summed E-state index contributed by atoms with van der Waals surface area (Å²) in [5.41, 5.74) is 1.50. The number of halogens is 1. The van der Waals surface area contributed by atoms with Crippen LogP contribution >= 0.6 is 15.9 Å². The number of hydrogen-bond donors (Lipinski definition) is 1. The molecule has 2 rings (SSSR count). The SMILES string of the molecule is CC(C)CNCC(c1cccc(Br)c1)C1CCCC1. The van der Waals surface area contributed by atoms with Crippen molar-refractivity contribution in [3.05, 3.63) is 34.3 Å². The highest BCUT2D eigenvalue weighted by atomic mass is 79.9. The third kappa shape index (κ3) is 4.61. The Morgan fingerprint density at radius 1 is 1.21 bits per heavy atom. The lowest BCUT2D eigenvalue weighted by molar-refractivity contribution is 0.400. The van der Waals surface area contributed by atoms with Gasteiger partial charge in [0.15, 0.2) is 0 Å². The molecule has 0 heterocycles. The molecular weight excluding hydrogens is 298 g/mol. The van der Waals surface area contributed by atoms with E-state index in [1.807, 2.05) is 0 Å². The van der Waals surface area contributed by atoms with E-state index in [-0.39, 0.29) is 0 Å². The van der Waals surface area contributed by atoms with Crippen molar-refractivity contribution in [2.24, 2.45) is 11.8 Å². The molecular formula is C17H26BrN. The summed E-state index contributed by atoms with van der Waals surface area (Å²) in [5.74, 6) is 2.28. The highest BCUT2D eigenvalue weighted by molar-refractivity contribution is 9.10. The Morgan fingerprint density at radius 2 is 1.95 bits per heavy atom. The van der Waals surface area contributed by atoms with Gasteiger partial charge in [0.1, 0.15) is 0 Å². The van der Waals surface area contributed by atoms with E-state index in [4.69, 9.17) is 0 Å². The molecule has 1 fully saturated rings. The van der Waals surface area contributed by atoms with Crippen molar-refractivity contribution in [1.29, 1.82) is 0 Å². The quantitative estimate of drug-likeness (QED) is 0.779. The van der Waals surface area contributed by atoms with Gasteiger partial charge in [-0.25, -0.2) is 0 Å². The fourth-order valence-corrected chi connectivity index (χ4v) is 3.60. The second kappa shape index (κ2) is 7.44. The summed E-state index contributed by atoms with van der Waals surface area (Å²) >= 11 is 3.61. The molecule has 0 aromatic heterocycles. The third-order valence-electron chi connectivity index (χ3n) is 4.16. The summed E-state index contributed by atoms with van der Waals surface area (Å²) in [6.07, 6.45) is 5.64. The first-order valence-corrected chi connectivity index (χ1v) is 8.42. The first-order chi connectivity index (χ1) is 9.16. The molecule has 1 unspecified atom stereocenters. The van der Waals surface area contributed by atoms with Crippen molar-refractivity contribution < 1.29 is 0 Å². The van der Waals surface area contributed by atoms with Gasteiger partial charge in [-0.15, -0.1) is 0 Å². The van der Waals surface area contributed by atoms with Crippen LogP contribution in [0.1, 0.15) is 51.0 Å². The normalized spacial score (nSPS) is 18.1. The number of hydrogen-bond acceptors (Lipinski definition) is 1. The molecule has 1 aromatic carbocycles. The summed E-state index contributed by atoms with van der Waals surface area (Å²) in [6, 6.07) is 8.89. The van der Waals surface area contributed by atoms with Crippen molar-refractivity contribution in [3.8, 4) is 0 Å². The maximum Gasteiger partial charge on any atom is 0.0178 e. The molecule has 1 aliphatic rings. The lowest BCUT2D eigenvalue weighted by Crippen LogP contribution is -2.28. The number of benzene rings is 1. The largest absolute Gasteiger partial charge is 0.316 e. The number of rotatable bonds is 6. The lowest BCUT2D eigenvalue weighted by Gasteiger charge is -2.25. The fraction of sp³-hybridized carbons (Fsp3) is 0.647. The second-order valence-electron chi connectivity index (χ2n) is 6.26. The van der Waals surface area contributed by atoms with Crippen LogP contribution < -0.4 is 5.32 Å². The van der Waals surface area contributed by atoms with E-state index in [1.165, 1.54) is 35.7 Å². The van der Waals surface area contributed by atoms with E-state index in [2.05, 4.69) is 59.4 Å². The molecule has 1 aliphatic carbocycles. The van der Waals surface area contributed by atoms with Crippen LogP contribution in [0, 0.1) is 11.8 Å². The average molecular weight is 324 g/mol. The second-order valence-corrected chi connectivity index (χ2v) is 7.17. The van der Waals surface area contributed by atoms with Gasteiger partial charge < -0.3 is 5.32 Å². The maximum atomic E-state index is 3.66. The zero-order chi connectivity index (χ0) is 13.7. The molecule has 2 heteroatoms. The van der Waals surface area contributed by atoms with Crippen LogP contribution in [0.15, 0.2) is 28.7 Å². The molecule has 0 bridgehead atoms. The van der Waals surface area contributed by atoms with E-state index in [0.717, 1.165) is 24.9 Å². The van der Waals surface area contributed by atoms with Crippen molar-refractivity contribution in [2.45, 2.75) is 45.4 Å². The minimum absolute atomic E-state index is 0.679. The standard InChI is InChI=1S/C17H26BrN/c1-13(2)11-19-12-17(14-6-3-4-7-14)15-8-5-9-16(18)10-15/h5,8-10,13-14,17,19H,3-4,6-7,11-12H2,1-2H3. The van der Waals surface area contributed by atoms with Crippen LogP contribution in [0.3, 0.4) is 0 Å². The molecule has 19 heavy (non-hydrogen) atoms. The van der Waals surface area contributed by atoms with Gasteiger partial charge in [-0.3, -0.25) is 0 Å². The minimum atomic E-state index is 0.679. The van der Waals surface area contributed by atoms with E-state index in [9.17, 15) is 0 Å². The summed E-state index contributed by atoms with van der Waals surface area (Å²) in [7, 11) is 0. The van der Waals surface area contributed by atoms with Gasteiger partial charge in [-0.1, -0.05) is 54.8 Å². The van der Waals surface area contributed by atoms with Gasteiger partial charge >= 0.3 is 0 Å². The Hall–Kier alpha value is -0.340. The summed E-state index contributed by atoms with van der Waals surface area (Å²) in [4.78, 5) is 0. The molecule has 1 aromatic rings. The molecule has 0 saturated heterocycles. The Bertz CT molecular complexity index is 383. The van der Waals surface area contributed by atoms with Gasteiger partial charge in [-0.2, -0.15) is 0 Å². The predicted octanol–water partition coefficient (Wildman–Crippen LogP) is 4.97. The monoisotopic (exact) mass is 323 g/mol. The molecule has 0 spiro atoms. The summed E-state index contributed by atoms with van der Waals surface area (Å²) in [5, 5.41) is 3.66. The van der Waals surface area contributed by atoms with Crippen LogP contribution in [0.25, 0.3) is 0 Å². The molecule has 1 saturated carbocycles. The molecule has 1 atom stereocenters. The van der Waals surface area contributed by atoms with Gasteiger partial charge in [0.2, 0.25) is 0 Å². The molecule has 0 amide bonds. The molecule has 0 aliphatic heterocycles. The van der Waals surface area contributed by atoms with Crippen LogP contribution in [0.4, 0.5) is 0 Å². The van der Waals surface area contributed by atoms with E-state index in [1.54, 1.807) is 0 Å². The van der Waals surface area contributed by atoms with E-state index >= 15 is 0 Å². The van der Waals surface area contributed by atoms with Crippen LogP contribution in [0.2, 0.25) is 0 Å². The van der Waals surface area contributed by atoms with Gasteiger partial charge in [0, 0.05) is 11.0 Å². The van der Waals surface area contributed by atoms with Crippen LogP contribution in [0.5, 0.6) is 0 Å². The predicted molar refractivity (Wildman–Crippen MR) is 86.5 cm³/mol. The highest BCUT2D eigenvalue weighted by Crippen LogP contribution is 2.37. The molecule has 1 nitrogen and oxygen atoms in total. The van der Waals surface area contributed by atoms with Gasteiger partial charge in [-0.05, 0) is 54.8 Å². The fourth-order valence-electron chi connectivity index (χ4n) is 3.18. The Balaban J connectivity index is 2.05. The Morgan fingerprint density at radius 3 is 2.58 bits per heavy atom. The van der Waals surface area contributed by atoms with Crippen LogP contribution in [-0.4, -0.2) is 13.1 Å². The number of nitrogens with one attached hydrogen (secondary N) is 1. The zero-order valence-corrected chi connectivity index (χ0v) is 13.7. The Kier molecular flexibility index (Phi) is 5.90. The Labute approximate surface area is 126 Å². The average Bonchev–Trinajstić information content (AvgIpc) is 2.88. The first-order valence-electron chi connectivity index (χ1n) is 7.63. The van der Waals surface area contributed by atoms with Crippen LogP contribution in [-0.2, 0) is 0 Å². The zero-order valence-electron chi connectivity index (χ0n) is 12.2. The molecule has 106 valence electrons. The molecule has 0 radical (unpaired) electrons. The topological polar surface area (TPSA) is 12.0 Å². The maximum absolute atomic E-state index is 3.66. The van der Waals surface area contributed by atoms with Crippen molar-refractivity contribution in [2.75, 3.05) is 13.1 Å². The molecule has 1 N–H and O–H groups in total. The van der Waals surface area contributed by atoms with Crippen molar-refractivity contribution >= 4 is 15.9 Å². The summed E-state index contributed by atoms with van der Waals surface area (Å²) < 4.78 is 1.21. The lowest BCUT2D eigenvalue weighted by atomic mass is 9.84. The van der Waals surface area contributed by atoms with Crippen molar-refractivity contribution in [1.82, 2.24) is 5.32 Å². The minimum Gasteiger partial charge on any atom is -0.316 e. The van der Waals surface area contributed by atoms with Crippen molar-refractivity contribution in [3.63, 3.8) is 0 Å². The van der Waals surface area contributed by atoms with E-state index < -0.39 is 0 Å². The van der Waals surface area contributed by atoms with Gasteiger partial charge in [0.25, 0.3) is 0 Å². The first kappa shape index (κ1) is 15.1. The highest BCUT2D eigenvalue weighted by Gasteiger charge is 2.26. The third-order valence-corrected chi connectivity index (χ3v) is 4.66. The van der Waals surface area contributed by atoms with Gasteiger partial charge in [0.05, 0.1) is 0 Å². The smallest absolute Gasteiger partial charge is 0.0178 e.